The molecule has 2 aromatic rings. The summed E-state index contributed by atoms with van der Waals surface area (Å²) >= 11 is 0. The van der Waals surface area contributed by atoms with Crippen molar-refractivity contribution < 1.29 is 29.2 Å². The molecule has 0 aliphatic heterocycles. The van der Waals surface area contributed by atoms with Crippen molar-refractivity contribution in [3.8, 4) is 17.2 Å². The highest BCUT2D eigenvalue weighted by atomic mass is 16.5. The summed E-state index contributed by atoms with van der Waals surface area (Å²) in [5, 5.41) is 23.1. The van der Waals surface area contributed by atoms with Crippen LogP contribution in [0.3, 0.4) is 0 Å². The van der Waals surface area contributed by atoms with Gasteiger partial charge in [-0.3, -0.25) is 4.79 Å². The van der Waals surface area contributed by atoms with Crippen LogP contribution in [0.1, 0.15) is 24.8 Å². The second-order valence-corrected chi connectivity index (χ2v) is 6.99. The van der Waals surface area contributed by atoms with Gasteiger partial charge in [0, 0.05) is 18.7 Å². The maximum atomic E-state index is 11.7. The van der Waals surface area contributed by atoms with E-state index >= 15 is 0 Å². The highest BCUT2D eigenvalue weighted by Crippen LogP contribution is 2.27. The van der Waals surface area contributed by atoms with Gasteiger partial charge in [-0.2, -0.15) is 0 Å². The van der Waals surface area contributed by atoms with Crippen molar-refractivity contribution in [3.05, 3.63) is 54.1 Å². The van der Waals surface area contributed by atoms with Crippen molar-refractivity contribution in [2.45, 2.75) is 25.4 Å². The number of nitrogens with two attached hydrogens (primary N) is 1. The molecule has 8 nitrogen and oxygen atoms in total. The van der Waals surface area contributed by atoms with E-state index in [9.17, 15) is 15.0 Å². The highest BCUT2D eigenvalue weighted by molar-refractivity contribution is 5.82. The van der Waals surface area contributed by atoms with E-state index in [0.29, 0.717) is 50.6 Å². The molecule has 0 heterocycles. The van der Waals surface area contributed by atoms with Crippen LogP contribution in [-0.2, 0) is 9.53 Å². The lowest BCUT2D eigenvalue weighted by molar-refractivity contribution is -0.119. The van der Waals surface area contributed by atoms with Gasteiger partial charge in [0.15, 0.2) is 0 Å². The van der Waals surface area contributed by atoms with E-state index in [-0.39, 0.29) is 12.4 Å². The Morgan fingerprint density at radius 1 is 1.06 bits per heavy atom. The van der Waals surface area contributed by atoms with Crippen LogP contribution in [0.15, 0.2) is 48.5 Å². The van der Waals surface area contributed by atoms with Gasteiger partial charge in [0.25, 0.3) is 0 Å². The number of amides is 1. The first-order chi connectivity index (χ1) is 15.0. The number of para-hydroxylation sites is 1. The molecule has 0 bridgehead atoms. The first kappa shape index (κ1) is 24.5. The maximum absolute atomic E-state index is 11.7. The topological polar surface area (TPSA) is 123 Å². The zero-order valence-electron chi connectivity index (χ0n) is 17.8. The van der Waals surface area contributed by atoms with Gasteiger partial charge in [0.2, 0.25) is 5.91 Å². The molecular formula is C23H32N2O6. The third kappa shape index (κ3) is 8.84. The van der Waals surface area contributed by atoms with Gasteiger partial charge in [-0.1, -0.05) is 18.2 Å². The molecule has 1 amide bonds. The molecule has 170 valence electrons. The number of benzene rings is 2. The van der Waals surface area contributed by atoms with Gasteiger partial charge >= 0.3 is 0 Å². The number of aromatic hydroxyl groups is 1. The molecule has 5 N–H and O–H groups in total. The number of aliphatic hydroxyl groups is 1. The van der Waals surface area contributed by atoms with Crippen LogP contribution >= 0.6 is 0 Å². The summed E-state index contributed by atoms with van der Waals surface area (Å²) in [6.07, 6.45) is -0.315. The number of phenols is 1. The van der Waals surface area contributed by atoms with Crippen LogP contribution in [0.25, 0.3) is 0 Å². The van der Waals surface area contributed by atoms with Gasteiger partial charge in [0.1, 0.15) is 36.6 Å². The van der Waals surface area contributed by atoms with E-state index in [0.717, 1.165) is 5.75 Å². The zero-order chi connectivity index (χ0) is 22.5. The van der Waals surface area contributed by atoms with Gasteiger partial charge in [-0.05, 0) is 50.2 Å². The molecule has 31 heavy (non-hydrogen) atoms. The molecule has 0 aromatic heterocycles. The Bertz CT molecular complexity index is 784. The summed E-state index contributed by atoms with van der Waals surface area (Å²) in [7, 11) is 0. The van der Waals surface area contributed by atoms with Gasteiger partial charge in [0.05, 0.1) is 12.5 Å². The summed E-state index contributed by atoms with van der Waals surface area (Å²) in [6, 6.07) is 13.8. The lowest BCUT2D eigenvalue weighted by Gasteiger charge is -2.17. The number of ether oxygens (including phenoxy) is 3. The minimum atomic E-state index is -0.723. The standard InChI is InChI=1S/C23H32N2O6/c1-2-29-13-14-30-18-7-9-19(10-8-18)31-16-17(26)15-25-12-11-21(23(24)28)20-5-3-4-6-22(20)27/h3-10,17,21,25-27H,2,11-16H2,1H3,(H2,24,28). The molecule has 8 heteroatoms. The lowest BCUT2D eigenvalue weighted by atomic mass is 9.94. The number of carbonyl (C=O) groups is 1. The number of carbonyl (C=O) groups excluding carboxylic acids is 1. The zero-order valence-corrected chi connectivity index (χ0v) is 17.8. The summed E-state index contributed by atoms with van der Waals surface area (Å²) in [5.41, 5.74) is 5.99. The molecule has 0 aliphatic carbocycles. The van der Waals surface area contributed by atoms with Crippen molar-refractivity contribution in [2.24, 2.45) is 5.73 Å². The number of hydrogen-bond acceptors (Lipinski definition) is 7. The van der Waals surface area contributed by atoms with E-state index in [1.54, 1.807) is 42.5 Å². The smallest absolute Gasteiger partial charge is 0.225 e. The largest absolute Gasteiger partial charge is 0.508 e. The minimum Gasteiger partial charge on any atom is -0.508 e. The number of phenolic OH excluding ortho intramolecular Hbond substituents is 1. The monoisotopic (exact) mass is 432 g/mol. The average Bonchev–Trinajstić information content (AvgIpc) is 2.76. The number of primary amides is 1. The van der Waals surface area contributed by atoms with Crippen LogP contribution < -0.4 is 20.5 Å². The Morgan fingerprint density at radius 3 is 2.39 bits per heavy atom. The SMILES string of the molecule is CCOCCOc1ccc(OCC(O)CNCCC(C(N)=O)c2ccccc2O)cc1. The second-order valence-electron chi connectivity index (χ2n) is 6.99. The summed E-state index contributed by atoms with van der Waals surface area (Å²) in [6.45, 7) is 4.49. The van der Waals surface area contributed by atoms with Crippen molar-refractivity contribution in [1.29, 1.82) is 0 Å². The van der Waals surface area contributed by atoms with E-state index in [1.807, 2.05) is 6.92 Å². The maximum Gasteiger partial charge on any atom is 0.225 e. The molecule has 0 saturated heterocycles. The summed E-state index contributed by atoms with van der Waals surface area (Å²) in [4.78, 5) is 11.7. The molecule has 0 spiro atoms. The number of hydrogen-bond donors (Lipinski definition) is 4. The van der Waals surface area contributed by atoms with Gasteiger partial charge in [-0.25, -0.2) is 0 Å². The van der Waals surface area contributed by atoms with Crippen LogP contribution in [0.2, 0.25) is 0 Å². The minimum absolute atomic E-state index is 0.0467. The summed E-state index contributed by atoms with van der Waals surface area (Å²) < 4.78 is 16.3. The molecule has 0 aliphatic rings. The molecule has 0 fully saturated rings. The second kappa shape index (κ2) is 13.5. The third-order valence-electron chi connectivity index (χ3n) is 4.61. The van der Waals surface area contributed by atoms with Crippen molar-refractivity contribution >= 4 is 5.91 Å². The van der Waals surface area contributed by atoms with Gasteiger partial charge in [-0.15, -0.1) is 0 Å². The summed E-state index contributed by atoms with van der Waals surface area (Å²) in [5.74, 6) is 0.298. The molecule has 0 saturated carbocycles. The van der Waals surface area contributed by atoms with E-state index < -0.39 is 17.9 Å². The number of rotatable bonds is 15. The third-order valence-corrected chi connectivity index (χ3v) is 4.61. The van der Waals surface area contributed by atoms with Gasteiger partial charge < -0.3 is 35.5 Å². The molecule has 2 unspecified atom stereocenters. The molecular weight excluding hydrogens is 400 g/mol. The van der Waals surface area contributed by atoms with Crippen LogP contribution in [0, 0.1) is 0 Å². The predicted molar refractivity (Wildman–Crippen MR) is 117 cm³/mol. The Labute approximate surface area is 182 Å². The molecule has 2 rings (SSSR count). The fourth-order valence-corrected chi connectivity index (χ4v) is 2.99. The van der Waals surface area contributed by atoms with Crippen LogP contribution in [-0.4, -0.2) is 61.7 Å². The number of nitrogens with one attached hydrogen (secondary N) is 1. The van der Waals surface area contributed by atoms with Crippen LogP contribution in [0.5, 0.6) is 17.2 Å². The molecule has 2 atom stereocenters. The fourth-order valence-electron chi connectivity index (χ4n) is 2.99. The first-order valence-corrected chi connectivity index (χ1v) is 10.4. The normalized spacial score (nSPS) is 12.8. The Kier molecular flexibility index (Phi) is 10.6. The average molecular weight is 433 g/mol. The van der Waals surface area contributed by atoms with Crippen LogP contribution in [0.4, 0.5) is 0 Å². The van der Waals surface area contributed by atoms with E-state index in [1.165, 1.54) is 6.07 Å². The molecule has 0 radical (unpaired) electrons. The quantitative estimate of drug-likeness (QED) is 0.316. The lowest BCUT2D eigenvalue weighted by Crippen LogP contribution is -2.33. The Balaban J connectivity index is 1.67. The van der Waals surface area contributed by atoms with Crippen molar-refractivity contribution in [1.82, 2.24) is 5.32 Å². The Morgan fingerprint density at radius 2 is 1.74 bits per heavy atom. The predicted octanol–water partition coefficient (Wildman–Crippen LogP) is 1.80. The molecule has 2 aromatic carbocycles. The Hall–Kier alpha value is -2.81. The van der Waals surface area contributed by atoms with E-state index in [4.69, 9.17) is 19.9 Å². The highest BCUT2D eigenvalue weighted by Gasteiger charge is 2.20. The van der Waals surface area contributed by atoms with E-state index in [2.05, 4.69) is 5.32 Å². The number of aliphatic hydroxyl groups excluding tert-OH is 1. The first-order valence-electron chi connectivity index (χ1n) is 10.4. The van der Waals surface area contributed by atoms with Crippen molar-refractivity contribution in [2.75, 3.05) is 39.5 Å². The van der Waals surface area contributed by atoms with Crippen molar-refractivity contribution in [3.63, 3.8) is 0 Å². The fraction of sp³-hybridized carbons (Fsp3) is 0.435.